The fourth-order valence-electron chi connectivity index (χ4n) is 4.32. The number of hydrogen-bond acceptors (Lipinski definition) is 5. The number of piperidine rings is 1. The lowest BCUT2D eigenvalue weighted by molar-refractivity contribution is -0.135. The van der Waals surface area contributed by atoms with Crippen LogP contribution < -0.4 is 10.6 Å². The first kappa shape index (κ1) is 22.2. The van der Waals surface area contributed by atoms with Gasteiger partial charge in [-0.1, -0.05) is 32.0 Å². The molecule has 1 aromatic rings. The molecule has 1 aromatic carbocycles. The van der Waals surface area contributed by atoms with Gasteiger partial charge in [-0.05, 0) is 30.4 Å². The van der Waals surface area contributed by atoms with Crippen LogP contribution in [-0.2, 0) is 9.59 Å². The van der Waals surface area contributed by atoms with E-state index in [1.54, 1.807) is 12.1 Å². The van der Waals surface area contributed by atoms with Crippen molar-refractivity contribution in [3.63, 3.8) is 0 Å². The molecule has 2 fully saturated rings. The first-order valence-electron chi connectivity index (χ1n) is 10.8. The number of nitrogens with zero attached hydrogens (tertiary/aromatic N) is 3. The van der Waals surface area contributed by atoms with Gasteiger partial charge in [-0.2, -0.15) is 0 Å². The van der Waals surface area contributed by atoms with Crippen LogP contribution in [0.5, 0.6) is 0 Å². The first-order chi connectivity index (χ1) is 14.4. The lowest BCUT2D eigenvalue weighted by atomic mass is 9.92. The number of imide groups is 1. The molecule has 164 valence electrons. The van der Waals surface area contributed by atoms with E-state index in [9.17, 15) is 14.4 Å². The molecule has 8 nitrogen and oxygen atoms in total. The van der Waals surface area contributed by atoms with Gasteiger partial charge in [0.2, 0.25) is 11.8 Å². The van der Waals surface area contributed by atoms with E-state index in [2.05, 4.69) is 29.4 Å². The van der Waals surface area contributed by atoms with Crippen molar-refractivity contribution in [1.29, 1.82) is 0 Å². The van der Waals surface area contributed by atoms with Gasteiger partial charge in [-0.3, -0.25) is 24.7 Å². The summed E-state index contributed by atoms with van der Waals surface area (Å²) in [5.74, 6) is 1.00. The Bertz CT molecular complexity index is 724. The smallest absolute Gasteiger partial charge is 0.325 e. The van der Waals surface area contributed by atoms with Crippen LogP contribution in [-0.4, -0.2) is 84.9 Å². The first-order valence-corrected chi connectivity index (χ1v) is 10.8. The lowest BCUT2D eigenvalue weighted by Crippen LogP contribution is -2.53. The summed E-state index contributed by atoms with van der Waals surface area (Å²) in [5, 5.41) is 5.00. The maximum atomic E-state index is 12.7. The molecule has 4 amide bonds. The summed E-state index contributed by atoms with van der Waals surface area (Å²) in [6.45, 7) is 9.64. The van der Waals surface area contributed by atoms with Crippen molar-refractivity contribution in [3.8, 4) is 0 Å². The van der Waals surface area contributed by atoms with Gasteiger partial charge < -0.3 is 10.2 Å². The monoisotopic (exact) mass is 415 g/mol. The number of hydrogen-bond donors (Lipinski definition) is 2. The Hall–Kier alpha value is -2.45. The Morgan fingerprint density at radius 2 is 1.47 bits per heavy atom. The SMILES string of the molecule is CC1CC(C)CN(C(=O)CN2CCN(CC(=O)NC(=O)Nc3ccccc3)CC2)C1. The van der Waals surface area contributed by atoms with Gasteiger partial charge in [0.05, 0.1) is 13.1 Å². The minimum absolute atomic E-state index is 0.172. The van der Waals surface area contributed by atoms with Gasteiger partial charge >= 0.3 is 6.03 Å². The minimum Gasteiger partial charge on any atom is -0.341 e. The molecule has 2 unspecified atom stereocenters. The van der Waals surface area contributed by atoms with Crippen LogP contribution in [0.2, 0.25) is 0 Å². The van der Waals surface area contributed by atoms with E-state index in [-0.39, 0.29) is 18.4 Å². The molecule has 0 radical (unpaired) electrons. The third kappa shape index (κ3) is 6.81. The Morgan fingerprint density at radius 3 is 2.07 bits per heavy atom. The largest absolute Gasteiger partial charge is 0.341 e. The topological polar surface area (TPSA) is 85.0 Å². The van der Waals surface area contributed by atoms with Crippen molar-refractivity contribution in [2.24, 2.45) is 11.8 Å². The van der Waals surface area contributed by atoms with E-state index in [1.165, 1.54) is 6.42 Å². The molecule has 2 atom stereocenters. The fourth-order valence-corrected chi connectivity index (χ4v) is 4.32. The molecule has 8 heteroatoms. The highest BCUT2D eigenvalue weighted by molar-refractivity contribution is 6.01. The second-order valence-corrected chi connectivity index (χ2v) is 8.67. The summed E-state index contributed by atoms with van der Waals surface area (Å²) >= 11 is 0. The van der Waals surface area contributed by atoms with Gasteiger partial charge in [0.15, 0.2) is 0 Å². The molecule has 2 heterocycles. The average molecular weight is 416 g/mol. The molecular formula is C22H33N5O3. The van der Waals surface area contributed by atoms with Crippen LogP contribution in [0.25, 0.3) is 0 Å². The van der Waals surface area contributed by atoms with E-state index in [1.807, 2.05) is 28.0 Å². The number of carbonyl (C=O) groups is 3. The summed E-state index contributed by atoms with van der Waals surface area (Å²) < 4.78 is 0. The predicted octanol–water partition coefficient (Wildman–Crippen LogP) is 1.46. The number of urea groups is 1. The summed E-state index contributed by atoms with van der Waals surface area (Å²) in [4.78, 5) is 42.9. The van der Waals surface area contributed by atoms with Crippen LogP contribution in [0.1, 0.15) is 20.3 Å². The molecule has 0 saturated carbocycles. The van der Waals surface area contributed by atoms with Gasteiger partial charge in [0.1, 0.15) is 0 Å². The normalized spacial score (nSPS) is 23.1. The molecule has 30 heavy (non-hydrogen) atoms. The summed E-state index contributed by atoms with van der Waals surface area (Å²) in [6, 6.07) is 8.48. The highest BCUT2D eigenvalue weighted by Crippen LogP contribution is 2.21. The number of nitrogens with one attached hydrogen (secondary N) is 2. The Balaban J connectivity index is 1.35. The van der Waals surface area contributed by atoms with Crippen molar-refractivity contribution in [1.82, 2.24) is 20.0 Å². The molecular weight excluding hydrogens is 382 g/mol. The number of benzene rings is 1. The molecule has 3 rings (SSSR count). The highest BCUT2D eigenvalue weighted by Gasteiger charge is 2.27. The second-order valence-electron chi connectivity index (χ2n) is 8.67. The standard InChI is InChI=1S/C22H33N5O3/c1-17-12-18(2)14-27(13-17)21(29)16-26-10-8-25(9-11-26)15-20(28)24-22(30)23-19-6-4-3-5-7-19/h3-7,17-18H,8-16H2,1-2H3,(H2,23,24,28,30). The van der Waals surface area contributed by atoms with E-state index in [0.717, 1.165) is 26.2 Å². The van der Waals surface area contributed by atoms with Crippen LogP contribution in [0.4, 0.5) is 10.5 Å². The minimum atomic E-state index is -0.527. The van der Waals surface area contributed by atoms with Gasteiger partial charge in [0, 0.05) is 45.0 Å². The number of amides is 4. The van der Waals surface area contributed by atoms with E-state index < -0.39 is 6.03 Å². The Morgan fingerprint density at radius 1 is 0.900 bits per heavy atom. The fraction of sp³-hybridized carbons (Fsp3) is 0.591. The number of rotatable bonds is 5. The van der Waals surface area contributed by atoms with Crippen molar-refractivity contribution in [2.75, 3.05) is 57.7 Å². The van der Waals surface area contributed by atoms with Crippen LogP contribution in [0.15, 0.2) is 30.3 Å². The lowest BCUT2D eigenvalue weighted by Gasteiger charge is -2.38. The summed E-state index contributed by atoms with van der Waals surface area (Å²) in [7, 11) is 0. The quantitative estimate of drug-likeness (QED) is 0.761. The number of anilines is 1. The maximum absolute atomic E-state index is 12.7. The average Bonchev–Trinajstić information content (AvgIpc) is 2.69. The van der Waals surface area contributed by atoms with Gasteiger partial charge in [-0.25, -0.2) is 4.79 Å². The second kappa shape index (κ2) is 10.5. The summed E-state index contributed by atoms with van der Waals surface area (Å²) in [5.41, 5.74) is 0.638. The molecule has 2 aliphatic rings. The molecule has 2 saturated heterocycles. The Kier molecular flexibility index (Phi) is 7.81. The van der Waals surface area contributed by atoms with Crippen molar-refractivity contribution >= 4 is 23.5 Å². The van der Waals surface area contributed by atoms with Crippen molar-refractivity contribution < 1.29 is 14.4 Å². The van der Waals surface area contributed by atoms with Crippen LogP contribution in [0.3, 0.4) is 0 Å². The van der Waals surface area contributed by atoms with Gasteiger partial charge in [0.25, 0.3) is 0 Å². The summed E-state index contributed by atoms with van der Waals surface area (Å²) in [6.07, 6.45) is 1.19. The molecule has 0 aromatic heterocycles. The van der Waals surface area contributed by atoms with Gasteiger partial charge in [-0.15, -0.1) is 0 Å². The van der Waals surface area contributed by atoms with Crippen molar-refractivity contribution in [2.45, 2.75) is 20.3 Å². The van der Waals surface area contributed by atoms with Crippen molar-refractivity contribution in [3.05, 3.63) is 30.3 Å². The highest BCUT2D eigenvalue weighted by atomic mass is 16.2. The third-order valence-corrected chi connectivity index (χ3v) is 5.70. The number of likely N-dealkylation sites (tertiary alicyclic amines) is 1. The molecule has 0 bridgehead atoms. The van der Waals surface area contributed by atoms with E-state index >= 15 is 0 Å². The van der Waals surface area contributed by atoms with E-state index in [4.69, 9.17) is 0 Å². The molecule has 2 aliphatic heterocycles. The predicted molar refractivity (Wildman–Crippen MR) is 116 cm³/mol. The van der Waals surface area contributed by atoms with Crippen LogP contribution >= 0.6 is 0 Å². The van der Waals surface area contributed by atoms with E-state index in [0.29, 0.717) is 37.2 Å². The number of para-hydroxylation sites is 1. The zero-order valence-electron chi connectivity index (χ0n) is 18.0. The molecule has 0 spiro atoms. The zero-order chi connectivity index (χ0) is 21.5. The maximum Gasteiger partial charge on any atom is 0.325 e. The zero-order valence-corrected chi connectivity index (χ0v) is 18.0. The number of piperazine rings is 1. The third-order valence-electron chi connectivity index (χ3n) is 5.70. The molecule has 2 N–H and O–H groups in total. The molecule has 0 aliphatic carbocycles. The Labute approximate surface area is 178 Å². The van der Waals surface area contributed by atoms with Crippen LogP contribution in [0, 0.1) is 11.8 Å². The number of carbonyl (C=O) groups excluding carboxylic acids is 3.